The lowest BCUT2D eigenvalue weighted by Crippen LogP contribution is -2.26. The van der Waals surface area contributed by atoms with E-state index in [1.807, 2.05) is 0 Å². The van der Waals surface area contributed by atoms with Gasteiger partial charge < -0.3 is 4.90 Å². The van der Waals surface area contributed by atoms with Gasteiger partial charge in [-0.2, -0.15) is 0 Å². The Morgan fingerprint density at radius 1 is 1.09 bits per heavy atom. The fraction of sp³-hybridized carbons (Fsp3) is 0.684. The van der Waals surface area contributed by atoms with Crippen molar-refractivity contribution in [1.29, 1.82) is 0 Å². The predicted molar refractivity (Wildman–Crippen MR) is 95.8 cm³/mol. The third-order valence-corrected chi connectivity index (χ3v) is 6.19. The van der Waals surface area contributed by atoms with E-state index in [1.54, 1.807) is 0 Å². The van der Waals surface area contributed by atoms with Crippen LogP contribution in [0.5, 0.6) is 0 Å². The Labute approximate surface area is 140 Å². The van der Waals surface area contributed by atoms with Gasteiger partial charge in [-0.15, -0.1) is 0 Å². The van der Waals surface area contributed by atoms with E-state index >= 15 is 0 Å². The van der Waals surface area contributed by atoms with E-state index in [2.05, 4.69) is 41.8 Å². The second-order valence-electron chi connectivity index (χ2n) is 7.15. The Kier molecular flexibility index (Phi) is 4.99. The van der Waals surface area contributed by atoms with Crippen LogP contribution in [0.2, 0.25) is 5.02 Å². The SMILES string of the molecule is CCC1(CC)CCN(Cc2ccc(N3CCCC3)c(Cl)c2)C1. The number of benzene rings is 1. The Morgan fingerprint density at radius 3 is 2.41 bits per heavy atom. The summed E-state index contributed by atoms with van der Waals surface area (Å²) in [5.74, 6) is 0. The van der Waals surface area contributed by atoms with Crippen molar-refractivity contribution in [3.63, 3.8) is 0 Å². The van der Waals surface area contributed by atoms with E-state index < -0.39 is 0 Å². The molecule has 0 N–H and O–H groups in total. The standard InChI is InChI=1S/C19H29ClN2/c1-3-19(4-2)9-12-21(15-19)14-16-7-8-18(17(20)13-16)22-10-5-6-11-22/h7-8,13H,3-6,9-12,14-15H2,1-2H3. The zero-order chi connectivity index (χ0) is 15.6. The summed E-state index contributed by atoms with van der Waals surface area (Å²) in [6, 6.07) is 6.69. The van der Waals surface area contributed by atoms with Gasteiger partial charge in [0.05, 0.1) is 10.7 Å². The molecule has 2 aliphatic heterocycles. The molecule has 1 aromatic rings. The van der Waals surface area contributed by atoms with Gasteiger partial charge in [0.15, 0.2) is 0 Å². The van der Waals surface area contributed by atoms with Crippen LogP contribution in [-0.4, -0.2) is 31.1 Å². The molecule has 2 nitrogen and oxygen atoms in total. The maximum Gasteiger partial charge on any atom is 0.0642 e. The monoisotopic (exact) mass is 320 g/mol. The normalized spacial score (nSPS) is 21.7. The van der Waals surface area contributed by atoms with Gasteiger partial charge in [-0.25, -0.2) is 0 Å². The Bertz CT molecular complexity index is 504. The molecule has 0 atom stereocenters. The summed E-state index contributed by atoms with van der Waals surface area (Å²) in [5.41, 5.74) is 3.14. The predicted octanol–water partition coefficient (Wildman–Crippen LogP) is 4.95. The van der Waals surface area contributed by atoms with E-state index in [0.717, 1.165) is 24.7 Å². The molecular formula is C19H29ClN2. The molecule has 0 spiro atoms. The van der Waals surface area contributed by atoms with Gasteiger partial charge in [-0.3, -0.25) is 4.90 Å². The molecular weight excluding hydrogens is 292 g/mol. The lowest BCUT2D eigenvalue weighted by Gasteiger charge is -2.26. The van der Waals surface area contributed by atoms with Crippen LogP contribution in [0.1, 0.15) is 51.5 Å². The fourth-order valence-corrected chi connectivity index (χ4v) is 4.43. The topological polar surface area (TPSA) is 6.48 Å². The van der Waals surface area contributed by atoms with Gasteiger partial charge in [0.25, 0.3) is 0 Å². The zero-order valence-electron chi connectivity index (χ0n) is 14.1. The van der Waals surface area contributed by atoms with Crippen LogP contribution in [-0.2, 0) is 6.54 Å². The molecule has 2 saturated heterocycles. The van der Waals surface area contributed by atoms with E-state index in [-0.39, 0.29) is 0 Å². The summed E-state index contributed by atoms with van der Waals surface area (Å²) in [6.45, 7) is 10.5. The van der Waals surface area contributed by atoms with Crippen molar-refractivity contribution in [2.75, 3.05) is 31.1 Å². The summed E-state index contributed by atoms with van der Waals surface area (Å²) in [6.07, 6.45) is 6.53. The van der Waals surface area contributed by atoms with Gasteiger partial charge in [-0.05, 0) is 61.8 Å². The molecule has 2 heterocycles. The van der Waals surface area contributed by atoms with Gasteiger partial charge >= 0.3 is 0 Å². The summed E-state index contributed by atoms with van der Waals surface area (Å²) < 4.78 is 0. The van der Waals surface area contributed by atoms with Crippen LogP contribution in [0.3, 0.4) is 0 Å². The number of nitrogens with zero attached hydrogens (tertiary/aromatic N) is 2. The van der Waals surface area contributed by atoms with Crippen molar-refractivity contribution in [2.24, 2.45) is 5.41 Å². The molecule has 0 aliphatic carbocycles. The van der Waals surface area contributed by atoms with Gasteiger partial charge in [0.1, 0.15) is 0 Å². The van der Waals surface area contributed by atoms with Crippen molar-refractivity contribution in [2.45, 2.75) is 52.5 Å². The third-order valence-electron chi connectivity index (χ3n) is 5.88. The number of rotatable bonds is 5. The smallest absolute Gasteiger partial charge is 0.0642 e. The molecule has 3 rings (SSSR count). The van der Waals surface area contributed by atoms with Crippen LogP contribution in [0.25, 0.3) is 0 Å². The quantitative estimate of drug-likeness (QED) is 0.757. The maximum atomic E-state index is 6.55. The Hall–Kier alpha value is -0.730. The van der Waals surface area contributed by atoms with E-state index in [1.165, 1.54) is 56.4 Å². The highest BCUT2D eigenvalue weighted by atomic mass is 35.5. The van der Waals surface area contributed by atoms with Crippen LogP contribution >= 0.6 is 11.6 Å². The van der Waals surface area contributed by atoms with Crippen molar-refractivity contribution < 1.29 is 0 Å². The number of halogens is 1. The molecule has 0 radical (unpaired) electrons. The molecule has 0 aromatic heterocycles. The zero-order valence-corrected chi connectivity index (χ0v) is 14.8. The number of hydrogen-bond acceptors (Lipinski definition) is 2. The van der Waals surface area contributed by atoms with Crippen molar-refractivity contribution in [3.05, 3.63) is 28.8 Å². The molecule has 3 heteroatoms. The average molecular weight is 321 g/mol. The molecule has 0 amide bonds. The van der Waals surface area contributed by atoms with E-state index in [0.29, 0.717) is 5.41 Å². The molecule has 0 bridgehead atoms. The number of anilines is 1. The van der Waals surface area contributed by atoms with Gasteiger partial charge in [0.2, 0.25) is 0 Å². The fourth-order valence-electron chi connectivity index (χ4n) is 4.11. The minimum Gasteiger partial charge on any atom is -0.370 e. The van der Waals surface area contributed by atoms with Crippen LogP contribution in [0.4, 0.5) is 5.69 Å². The lowest BCUT2D eigenvalue weighted by atomic mass is 9.82. The maximum absolute atomic E-state index is 6.55. The van der Waals surface area contributed by atoms with E-state index in [9.17, 15) is 0 Å². The Morgan fingerprint density at radius 2 is 1.82 bits per heavy atom. The molecule has 2 aliphatic rings. The highest BCUT2D eigenvalue weighted by Crippen LogP contribution is 2.38. The summed E-state index contributed by atoms with van der Waals surface area (Å²) >= 11 is 6.55. The number of hydrogen-bond donors (Lipinski definition) is 0. The Balaban J connectivity index is 1.65. The molecule has 1 aromatic carbocycles. The number of likely N-dealkylation sites (tertiary alicyclic amines) is 1. The third kappa shape index (κ3) is 3.28. The highest BCUT2D eigenvalue weighted by Gasteiger charge is 2.34. The molecule has 122 valence electrons. The second-order valence-corrected chi connectivity index (χ2v) is 7.55. The first kappa shape index (κ1) is 16.1. The first-order chi connectivity index (χ1) is 10.7. The lowest BCUT2D eigenvalue weighted by molar-refractivity contribution is 0.236. The summed E-state index contributed by atoms with van der Waals surface area (Å²) in [4.78, 5) is 5.02. The molecule has 2 fully saturated rings. The first-order valence-corrected chi connectivity index (χ1v) is 9.29. The molecule has 22 heavy (non-hydrogen) atoms. The van der Waals surface area contributed by atoms with Crippen molar-refractivity contribution in [3.8, 4) is 0 Å². The first-order valence-electron chi connectivity index (χ1n) is 8.91. The van der Waals surface area contributed by atoms with Crippen LogP contribution in [0, 0.1) is 5.41 Å². The minimum absolute atomic E-state index is 0.555. The second kappa shape index (κ2) is 6.80. The minimum atomic E-state index is 0.555. The summed E-state index contributed by atoms with van der Waals surface area (Å²) in [7, 11) is 0. The molecule has 0 saturated carbocycles. The van der Waals surface area contributed by atoms with Crippen LogP contribution < -0.4 is 4.90 Å². The van der Waals surface area contributed by atoms with Crippen molar-refractivity contribution in [1.82, 2.24) is 4.90 Å². The van der Waals surface area contributed by atoms with E-state index in [4.69, 9.17) is 11.6 Å². The summed E-state index contributed by atoms with van der Waals surface area (Å²) in [5, 5.41) is 0.927. The molecule has 0 unspecified atom stereocenters. The van der Waals surface area contributed by atoms with Gasteiger partial charge in [-0.1, -0.05) is 31.5 Å². The largest absolute Gasteiger partial charge is 0.370 e. The van der Waals surface area contributed by atoms with Crippen molar-refractivity contribution >= 4 is 17.3 Å². The van der Waals surface area contributed by atoms with Gasteiger partial charge in [0, 0.05) is 26.2 Å². The average Bonchev–Trinajstić information content (AvgIpc) is 3.18. The highest BCUT2D eigenvalue weighted by molar-refractivity contribution is 6.33. The van der Waals surface area contributed by atoms with Crippen LogP contribution in [0.15, 0.2) is 18.2 Å².